The quantitative estimate of drug-likeness (QED) is 0.544. The molecule has 5 nitrogen and oxygen atoms in total. The molecule has 0 amide bonds. The molecule has 0 saturated carbocycles. The Bertz CT molecular complexity index is 707. The molecule has 3 N–H and O–H groups in total. The zero-order valence-corrected chi connectivity index (χ0v) is 10.5. The van der Waals surface area contributed by atoms with E-state index < -0.39 is 0 Å². The van der Waals surface area contributed by atoms with Gasteiger partial charge < -0.3 is 10.7 Å². The molecule has 3 rings (SSSR count). The van der Waals surface area contributed by atoms with Gasteiger partial charge in [-0.25, -0.2) is 15.0 Å². The summed E-state index contributed by atoms with van der Waals surface area (Å²) in [6, 6.07) is 5.86. The van der Waals surface area contributed by atoms with Crippen LogP contribution in [0.5, 0.6) is 0 Å². The van der Waals surface area contributed by atoms with Crippen LogP contribution in [0, 0.1) is 6.92 Å². The van der Waals surface area contributed by atoms with Crippen molar-refractivity contribution in [3.63, 3.8) is 0 Å². The number of hydrogen-bond donors (Lipinski definition) is 2. The first-order chi connectivity index (χ1) is 8.75. The monoisotopic (exact) mass is 257 g/mol. The van der Waals surface area contributed by atoms with Crippen molar-refractivity contribution < 1.29 is 0 Å². The number of nitrogens with zero attached hydrogens (tertiary/aromatic N) is 3. The van der Waals surface area contributed by atoms with Crippen LogP contribution in [0.25, 0.3) is 11.2 Å². The maximum absolute atomic E-state index is 5.90. The minimum atomic E-state index is 0.675. The lowest BCUT2D eigenvalue weighted by molar-refractivity contribution is 1.08. The van der Waals surface area contributed by atoms with Crippen LogP contribution in [0.4, 0.5) is 5.69 Å². The normalized spacial score (nSPS) is 10.9. The van der Waals surface area contributed by atoms with Crippen LogP contribution >= 0.6 is 11.8 Å². The Hall–Kier alpha value is -2.08. The Balaban J connectivity index is 2.06. The highest BCUT2D eigenvalue weighted by Crippen LogP contribution is 2.33. The van der Waals surface area contributed by atoms with Crippen molar-refractivity contribution in [2.24, 2.45) is 0 Å². The number of aromatic nitrogens is 4. The number of nitrogen functional groups attached to an aromatic ring is 1. The van der Waals surface area contributed by atoms with Gasteiger partial charge >= 0.3 is 0 Å². The highest BCUT2D eigenvalue weighted by Gasteiger charge is 2.09. The molecule has 0 bridgehead atoms. The van der Waals surface area contributed by atoms with E-state index in [1.807, 2.05) is 25.1 Å². The third-order valence-corrected chi connectivity index (χ3v) is 3.89. The number of aromatic amines is 1. The van der Waals surface area contributed by atoms with Gasteiger partial charge in [-0.05, 0) is 24.6 Å². The predicted octanol–water partition coefficient (Wildman–Crippen LogP) is 2.39. The third-order valence-electron chi connectivity index (χ3n) is 2.72. The number of rotatable bonds is 2. The molecular formula is C12H11N5S. The number of nitrogens with one attached hydrogen (secondary N) is 1. The summed E-state index contributed by atoms with van der Waals surface area (Å²) in [5.41, 5.74) is 9.28. The molecule has 0 saturated heterocycles. The molecule has 3 aromatic rings. The van der Waals surface area contributed by atoms with Crippen molar-refractivity contribution in [1.82, 2.24) is 19.9 Å². The summed E-state index contributed by atoms with van der Waals surface area (Å²) in [7, 11) is 0. The fourth-order valence-corrected chi connectivity index (χ4v) is 2.64. The fraction of sp³-hybridized carbons (Fsp3) is 0.0833. The summed E-state index contributed by atoms with van der Waals surface area (Å²) in [6.07, 6.45) is 3.14. The number of fused-ring (bicyclic) bond motifs is 1. The van der Waals surface area contributed by atoms with Gasteiger partial charge in [0.25, 0.3) is 0 Å². The molecule has 90 valence electrons. The minimum absolute atomic E-state index is 0.675. The van der Waals surface area contributed by atoms with Gasteiger partial charge in [0.05, 0.1) is 6.33 Å². The summed E-state index contributed by atoms with van der Waals surface area (Å²) in [4.78, 5) is 16.6. The van der Waals surface area contributed by atoms with E-state index in [0.29, 0.717) is 5.65 Å². The third kappa shape index (κ3) is 1.80. The summed E-state index contributed by atoms with van der Waals surface area (Å²) in [5.74, 6) is 0. The van der Waals surface area contributed by atoms with Crippen molar-refractivity contribution in [3.8, 4) is 0 Å². The highest BCUT2D eigenvalue weighted by molar-refractivity contribution is 7.99. The molecule has 1 aromatic carbocycles. The second-order valence-corrected chi connectivity index (χ2v) is 4.88. The molecule has 18 heavy (non-hydrogen) atoms. The summed E-state index contributed by atoms with van der Waals surface area (Å²) in [5, 5.41) is 0.853. The standard InChI is InChI=1S/C12H11N5S/c1-7-8(13)3-2-4-9(7)18-12-10-11(15-5-14-10)16-6-17-12/h2-6H,13H2,1H3,(H,14,15,16,17). The van der Waals surface area contributed by atoms with E-state index in [1.165, 1.54) is 6.33 Å². The Morgan fingerprint density at radius 3 is 3.00 bits per heavy atom. The second-order valence-electron chi connectivity index (χ2n) is 3.85. The lowest BCUT2D eigenvalue weighted by Gasteiger charge is -2.07. The van der Waals surface area contributed by atoms with Gasteiger partial charge in [-0.1, -0.05) is 17.8 Å². The molecule has 0 fully saturated rings. The zero-order chi connectivity index (χ0) is 12.5. The Labute approximate surface area is 108 Å². The molecule has 2 aromatic heterocycles. The first-order valence-electron chi connectivity index (χ1n) is 5.43. The second kappa shape index (κ2) is 4.30. The Morgan fingerprint density at radius 1 is 1.22 bits per heavy atom. The predicted molar refractivity (Wildman–Crippen MR) is 71.4 cm³/mol. The number of imidazole rings is 1. The smallest absolute Gasteiger partial charge is 0.181 e. The van der Waals surface area contributed by atoms with Gasteiger partial charge in [-0.3, -0.25) is 0 Å². The molecule has 0 atom stereocenters. The average Bonchev–Trinajstić information content (AvgIpc) is 2.84. The van der Waals surface area contributed by atoms with Crippen LogP contribution in [0.2, 0.25) is 0 Å². The van der Waals surface area contributed by atoms with Crippen LogP contribution < -0.4 is 5.73 Å². The van der Waals surface area contributed by atoms with Gasteiger partial charge in [0.1, 0.15) is 16.9 Å². The van der Waals surface area contributed by atoms with Crippen molar-refractivity contribution in [1.29, 1.82) is 0 Å². The van der Waals surface area contributed by atoms with Crippen LogP contribution in [0.3, 0.4) is 0 Å². The molecule has 0 aliphatic heterocycles. The molecule has 6 heteroatoms. The van der Waals surface area contributed by atoms with Crippen molar-refractivity contribution in [3.05, 3.63) is 36.4 Å². The van der Waals surface area contributed by atoms with E-state index in [1.54, 1.807) is 18.1 Å². The number of nitrogens with two attached hydrogens (primary N) is 1. The highest BCUT2D eigenvalue weighted by atomic mass is 32.2. The van der Waals surface area contributed by atoms with Gasteiger partial charge in [0.15, 0.2) is 5.65 Å². The number of anilines is 1. The molecule has 0 aliphatic carbocycles. The molecule has 2 heterocycles. The van der Waals surface area contributed by atoms with E-state index in [2.05, 4.69) is 19.9 Å². The Morgan fingerprint density at radius 2 is 2.11 bits per heavy atom. The van der Waals surface area contributed by atoms with Gasteiger partial charge in [0.2, 0.25) is 0 Å². The lowest BCUT2D eigenvalue weighted by Crippen LogP contribution is -1.92. The van der Waals surface area contributed by atoms with Crippen LogP contribution in [-0.2, 0) is 0 Å². The molecule has 0 spiro atoms. The maximum Gasteiger partial charge on any atom is 0.181 e. The van der Waals surface area contributed by atoms with Crippen LogP contribution in [-0.4, -0.2) is 19.9 Å². The van der Waals surface area contributed by atoms with Crippen molar-refractivity contribution in [2.45, 2.75) is 16.8 Å². The van der Waals surface area contributed by atoms with Crippen molar-refractivity contribution >= 4 is 28.6 Å². The van der Waals surface area contributed by atoms with E-state index in [0.717, 1.165) is 26.7 Å². The topological polar surface area (TPSA) is 80.5 Å². The SMILES string of the molecule is Cc1c(N)cccc1Sc1ncnc2nc[nH]c12. The number of hydrogen-bond acceptors (Lipinski definition) is 5. The van der Waals surface area contributed by atoms with Gasteiger partial charge in [0, 0.05) is 10.6 Å². The molecule has 0 radical (unpaired) electrons. The summed E-state index contributed by atoms with van der Waals surface area (Å²) < 4.78 is 0. The molecule has 0 aliphatic rings. The van der Waals surface area contributed by atoms with E-state index in [4.69, 9.17) is 5.73 Å². The fourth-order valence-electron chi connectivity index (χ4n) is 1.67. The number of H-pyrrole nitrogens is 1. The molecular weight excluding hydrogens is 246 g/mol. The summed E-state index contributed by atoms with van der Waals surface area (Å²) in [6.45, 7) is 2.00. The van der Waals surface area contributed by atoms with E-state index in [9.17, 15) is 0 Å². The van der Waals surface area contributed by atoms with E-state index in [-0.39, 0.29) is 0 Å². The zero-order valence-electron chi connectivity index (χ0n) is 9.71. The van der Waals surface area contributed by atoms with Gasteiger partial charge in [-0.2, -0.15) is 0 Å². The Kier molecular flexibility index (Phi) is 2.64. The first-order valence-corrected chi connectivity index (χ1v) is 6.24. The summed E-state index contributed by atoms with van der Waals surface area (Å²) >= 11 is 1.56. The number of benzene rings is 1. The molecule has 0 unspecified atom stereocenters. The van der Waals surface area contributed by atoms with Crippen LogP contribution in [0.1, 0.15) is 5.56 Å². The van der Waals surface area contributed by atoms with Gasteiger partial charge in [-0.15, -0.1) is 0 Å². The van der Waals surface area contributed by atoms with E-state index >= 15 is 0 Å². The minimum Gasteiger partial charge on any atom is -0.398 e. The van der Waals surface area contributed by atoms with Crippen LogP contribution in [0.15, 0.2) is 40.8 Å². The first kappa shape index (κ1) is 11.0. The largest absolute Gasteiger partial charge is 0.398 e. The lowest BCUT2D eigenvalue weighted by atomic mass is 10.2. The average molecular weight is 257 g/mol. The van der Waals surface area contributed by atoms with Crippen molar-refractivity contribution in [2.75, 3.05) is 5.73 Å². The maximum atomic E-state index is 5.90.